The van der Waals surface area contributed by atoms with Crippen LogP contribution in [0.2, 0.25) is 0 Å². The van der Waals surface area contributed by atoms with Crippen molar-refractivity contribution < 1.29 is 33.1 Å². The van der Waals surface area contributed by atoms with Crippen LogP contribution in [0.4, 0.5) is 0 Å². The van der Waals surface area contributed by atoms with E-state index in [4.69, 9.17) is 9.47 Å². The van der Waals surface area contributed by atoms with Gasteiger partial charge in [0.15, 0.2) is 5.52 Å². The molecule has 2 rings (SSSR count). The minimum Gasteiger partial charge on any atom is -0.493 e. The van der Waals surface area contributed by atoms with Gasteiger partial charge in [0, 0.05) is 16.9 Å². The Morgan fingerprint density at radius 3 is 1.94 bits per heavy atom. The summed E-state index contributed by atoms with van der Waals surface area (Å²) in [5, 5.41) is 0.955. The van der Waals surface area contributed by atoms with Crippen molar-refractivity contribution in [2.45, 2.75) is 92.4 Å². The Morgan fingerprint density at radius 1 is 0.853 bits per heavy atom. The Morgan fingerprint density at radius 2 is 1.41 bits per heavy atom. The predicted octanol–water partition coefficient (Wildman–Crippen LogP) is 4.89. The summed E-state index contributed by atoms with van der Waals surface area (Å²) in [5.74, 6) is 1.60. The first kappa shape index (κ1) is 30.8. The molecule has 0 saturated heterocycles. The Hall–Kier alpha value is -1.26. The summed E-state index contributed by atoms with van der Waals surface area (Å²) in [4.78, 5) is 13.4. The Labute approximate surface area is 221 Å². The van der Waals surface area contributed by atoms with Crippen LogP contribution in [0, 0.1) is 13.8 Å². The molecule has 0 aliphatic rings. The first-order valence-corrected chi connectivity index (χ1v) is 13.5. The van der Waals surface area contributed by atoms with Gasteiger partial charge in [-0.25, -0.2) is 0 Å². The monoisotopic (exact) mass is 477 g/mol. The van der Waals surface area contributed by atoms with Gasteiger partial charge in [-0.05, 0) is 69.5 Å². The van der Waals surface area contributed by atoms with Crippen LogP contribution in [0.5, 0.6) is 11.5 Å². The molecule has 0 amide bonds. The zero-order valence-corrected chi connectivity index (χ0v) is 23.8. The van der Waals surface area contributed by atoms with Crippen LogP contribution >= 0.6 is 8.58 Å². The van der Waals surface area contributed by atoms with Crippen molar-refractivity contribution in [2.24, 2.45) is 0 Å². The van der Waals surface area contributed by atoms with E-state index < -0.39 is 0 Å². The molecule has 0 radical (unpaired) electrons. The van der Waals surface area contributed by atoms with E-state index in [2.05, 4.69) is 60.6 Å². The molecule has 0 N–H and O–H groups in total. The molecule has 2 aromatic carbocycles. The van der Waals surface area contributed by atoms with Crippen molar-refractivity contribution in [1.82, 2.24) is 0 Å². The van der Waals surface area contributed by atoms with Gasteiger partial charge in [0.25, 0.3) is 0 Å². The van der Waals surface area contributed by atoms with E-state index in [1.54, 1.807) is 0 Å². The second-order valence-electron chi connectivity index (χ2n) is 9.96. The second-order valence-corrected chi connectivity index (χ2v) is 11.2. The maximum atomic E-state index is 13.4. The number of aryl methyl sites for hydroxylation is 2. The predicted molar refractivity (Wildman–Crippen MR) is 143 cm³/mol. The number of ether oxygens (including phenoxy) is 2. The molecule has 5 heteroatoms. The number of hydrogen-bond acceptors (Lipinski definition) is 3. The third-order valence-corrected chi connectivity index (χ3v) is 7.01. The molecule has 34 heavy (non-hydrogen) atoms. The SMILES string of the molecule is CCCCCOc1ccc(PC(=O)c2c(C)cc(C(C)(C)C)cc2C)c(OCCCCC)c1.[Li+]. The van der Waals surface area contributed by atoms with Gasteiger partial charge < -0.3 is 9.47 Å². The number of carbonyl (C=O) groups is 1. The number of benzene rings is 2. The van der Waals surface area contributed by atoms with Crippen LogP contribution in [-0.2, 0) is 5.41 Å². The summed E-state index contributed by atoms with van der Waals surface area (Å²) in [5.41, 5.74) is 4.45. The van der Waals surface area contributed by atoms with Crippen molar-refractivity contribution in [2.75, 3.05) is 13.2 Å². The van der Waals surface area contributed by atoms with Gasteiger partial charge in [-0.1, -0.05) is 72.4 Å². The molecular formula is C29H43LiO3P+. The molecule has 2 aromatic rings. The quantitative estimate of drug-likeness (QED) is 0.234. The summed E-state index contributed by atoms with van der Waals surface area (Å²) < 4.78 is 12.1. The van der Waals surface area contributed by atoms with Crippen LogP contribution in [0.1, 0.15) is 100 Å². The van der Waals surface area contributed by atoms with Gasteiger partial charge in [0.1, 0.15) is 11.5 Å². The smallest absolute Gasteiger partial charge is 0.493 e. The fourth-order valence-electron chi connectivity index (χ4n) is 3.83. The van der Waals surface area contributed by atoms with Gasteiger partial charge in [-0.2, -0.15) is 0 Å². The van der Waals surface area contributed by atoms with Crippen LogP contribution in [0.15, 0.2) is 30.3 Å². The summed E-state index contributed by atoms with van der Waals surface area (Å²) >= 11 is 0. The average Bonchev–Trinajstić information content (AvgIpc) is 2.74. The molecule has 0 aliphatic heterocycles. The summed E-state index contributed by atoms with van der Waals surface area (Å²) in [6, 6.07) is 10.3. The third kappa shape index (κ3) is 9.41. The third-order valence-electron chi connectivity index (χ3n) is 5.85. The topological polar surface area (TPSA) is 35.5 Å². The number of rotatable bonds is 13. The van der Waals surface area contributed by atoms with E-state index in [1.165, 1.54) is 18.4 Å². The molecule has 0 aromatic heterocycles. The average molecular weight is 478 g/mol. The summed E-state index contributed by atoms with van der Waals surface area (Å²) in [6.45, 7) is 16.5. The first-order chi connectivity index (χ1) is 15.7. The van der Waals surface area contributed by atoms with Gasteiger partial charge in [-0.15, -0.1) is 0 Å². The maximum absolute atomic E-state index is 13.4. The van der Waals surface area contributed by atoms with E-state index >= 15 is 0 Å². The minimum atomic E-state index is 0. The maximum Gasteiger partial charge on any atom is 1.00 e. The standard InChI is InChI=1S/C29H43O3P.Li/c1-8-10-12-16-31-24-14-15-26(25(20-24)32-17-13-11-9-2)33-28(30)27-21(3)18-23(19-22(27)4)29(5,6)7;/h14-15,18-20,33H,8-13,16-17H2,1-7H3;/q;+1. The van der Waals surface area contributed by atoms with Crippen molar-refractivity contribution in [3.05, 3.63) is 52.6 Å². The molecular weight excluding hydrogens is 434 g/mol. The molecule has 1 atom stereocenters. The van der Waals surface area contributed by atoms with Crippen molar-refractivity contribution >= 4 is 19.4 Å². The second kappa shape index (κ2) is 15.0. The molecule has 182 valence electrons. The van der Waals surface area contributed by atoms with Crippen molar-refractivity contribution in [1.29, 1.82) is 0 Å². The number of unbranched alkanes of at least 4 members (excludes halogenated alkanes) is 4. The van der Waals surface area contributed by atoms with Gasteiger partial charge >= 0.3 is 18.9 Å². The molecule has 0 spiro atoms. The largest absolute Gasteiger partial charge is 1.00 e. The van der Waals surface area contributed by atoms with E-state index in [9.17, 15) is 4.79 Å². The van der Waals surface area contributed by atoms with Crippen LogP contribution in [0.25, 0.3) is 0 Å². The molecule has 0 aliphatic carbocycles. The molecule has 3 nitrogen and oxygen atoms in total. The molecule has 0 bridgehead atoms. The van der Waals surface area contributed by atoms with Crippen LogP contribution in [-0.4, -0.2) is 18.7 Å². The van der Waals surface area contributed by atoms with E-state index in [0.29, 0.717) is 13.2 Å². The Kier molecular flexibility index (Phi) is 13.6. The number of hydrogen-bond donors (Lipinski definition) is 0. The molecule has 0 saturated carbocycles. The molecule has 0 heterocycles. The van der Waals surface area contributed by atoms with Crippen LogP contribution in [0.3, 0.4) is 0 Å². The van der Waals surface area contributed by atoms with Gasteiger partial charge in [0.05, 0.1) is 13.2 Å². The summed E-state index contributed by atoms with van der Waals surface area (Å²) in [6.07, 6.45) is 6.70. The number of carbonyl (C=O) groups excluding carboxylic acids is 1. The zero-order valence-electron chi connectivity index (χ0n) is 22.8. The van der Waals surface area contributed by atoms with Crippen LogP contribution < -0.4 is 33.6 Å². The van der Waals surface area contributed by atoms with E-state index in [1.807, 2.05) is 18.2 Å². The van der Waals surface area contributed by atoms with Crippen molar-refractivity contribution in [3.8, 4) is 11.5 Å². The van der Waals surface area contributed by atoms with Gasteiger partial charge in [0.2, 0.25) is 0 Å². The molecule has 1 unspecified atom stereocenters. The van der Waals surface area contributed by atoms with E-state index in [0.717, 1.165) is 59.2 Å². The Bertz CT molecular complexity index is 895. The van der Waals surface area contributed by atoms with E-state index in [-0.39, 0.29) is 38.4 Å². The first-order valence-electron chi connectivity index (χ1n) is 12.5. The normalized spacial score (nSPS) is 11.5. The fraction of sp³-hybridized carbons (Fsp3) is 0.552. The van der Waals surface area contributed by atoms with Gasteiger partial charge in [-0.3, -0.25) is 4.79 Å². The van der Waals surface area contributed by atoms with Crippen molar-refractivity contribution in [3.63, 3.8) is 0 Å². The Balaban J connectivity index is 0.00000578. The zero-order chi connectivity index (χ0) is 24.4. The summed E-state index contributed by atoms with van der Waals surface area (Å²) in [7, 11) is 0.0222. The minimum absolute atomic E-state index is 0. The fourth-order valence-corrected chi connectivity index (χ4v) is 5.03. The molecule has 0 fully saturated rings.